The minimum atomic E-state index is 0.170. The normalized spacial score (nSPS) is 14.7. The van der Waals surface area contributed by atoms with Crippen LogP contribution in [0.1, 0.15) is 43.2 Å². The Balaban J connectivity index is 1.15. The van der Waals surface area contributed by atoms with Gasteiger partial charge < -0.3 is 0 Å². The molecule has 0 N–H and O–H groups in total. The van der Waals surface area contributed by atoms with Gasteiger partial charge in [-0.25, -0.2) is 15.0 Å². The minimum Gasteiger partial charge on any atom is -0.208 e. The van der Waals surface area contributed by atoms with Gasteiger partial charge in [0.15, 0.2) is 17.5 Å². The summed E-state index contributed by atoms with van der Waals surface area (Å²) < 4.78 is 2.49. The highest BCUT2D eigenvalue weighted by Crippen LogP contribution is 2.56. The maximum absolute atomic E-state index is 5.09. The number of fused-ring (bicyclic) bond motifs is 8. The molecule has 234 valence electrons. The Morgan fingerprint density at radius 3 is 1.65 bits per heavy atom. The molecular formula is C45H33N3S. The molecule has 1 fully saturated rings. The summed E-state index contributed by atoms with van der Waals surface area (Å²) in [5.74, 6) is 2.05. The van der Waals surface area contributed by atoms with Crippen molar-refractivity contribution in [2.24, 2.45) is 0 Å². The predicted octanol–water partition coefficient (Wildman–Crippen LogP) is 12.1. The van der Waals surface area contributed by atoms with Crippen LogP contribution in [-0.2, 0) is 5.41 Å². The number of benzene rings is 6. The quantitative estimate of drug-likeness (QED) is 0.191. The Morgan fingerprint density at radius 2 is 0.959 bits per heavy atom. The van der Waals surface area contributed by atoms with Gasteiger partial charge in [0.05, 0.1) is 0 Å². The van der Waals surface area contributed by atoms with E-state index in [1.54, 1.807) is 0 Å². The monoisotopic (exact) mass is 647 g/mol. The van der Waals surface area contributed by atoms with Gasteiger partial charge >= 0.3 is 0 Å². The van der Waals surface area contributed by atoms with Crippen molar-refractivity contribution in [3.05, 3.63) is 151 Å². The van der Waals surface area contributed by atoms with E-state index < -0.39 is 0 Å². The standard InChI is InChI=1S/C45H33N3S/c1-4-14-29(15-5-1)42-46-43(30-16-6-2-7-17-30)48-44(47-42)36-22-13-21-35-34-20-12-19-32(40(34)49-41(35)36)31-24-25-39-37(28-31)33-18-8-9-23-38(33)45(39)26-10-3-11-27-45/h1-2,4-9,12-25,28H,3,10-11,26-27H2. The topological polar surface area (TPSA) is 38.7 Å². The number of rotatable bonds is 4. The molecule has 8 aromatic rings. The molecule has 0 unspecified atom stereocenters. The second-order valence-corrected chi connectivity index (χ2v) is 14.5. The third kappa shape index (κ3) is 4.51. The molecule has 0 aliphatic heterocycles. The zero-order valence-electron chi connectivity index (χ0n) is 27.1. The Kier molecular flexibility index (Phi) is 6.60. The van der Waals surface area contributed by atoms with E-state index in [0.717, 1.165) is 16.7 Å². The van der Waals surface area contributed by atoms with E-state index in [1.165, 1.54) is 85.7 Å². The molecule has 0 amide bonds. The molecule has 6 aromatic carbocycles. The van der Waals surface area contributed by atoms with E-state index >= 15 is 0 Å². The van der Waals surface area contributed by atoms with Crippen molar-refractivity contribution in [2.45, 2.75) is 37.5 Å². The fraction of sp³-hybridized carbons (Fsp3) is 0.133. The lowest BCUT2D eigenvalue weighted by molar-refractivity contribution is 0.353. The summed E-state index contributed by atoms with van der Waals surface area (Å²) >= 11 is 1.85. The minimum absolute atomic E-state index is 0.170. The summed E-state index contributed by atoms with van der Waals surface area (Å²) in [6.07, 6.45) is 6.46. The number of thiophene rings is 1. The molecule has 2 heterocycles. The fourth-order valence-corrected chi connectivity index (χ4v) is 9.82. The maximum Gasteiger partial charge on any atom is 0.165 e. The highest BCUT2D eigenvalue weighted by atomic mass is 32.1. The highest BCUT2D eigenvalue weighted by Gasteiger charge is 2.43. The van der Waals surface area contributed by atoms with Crippen molar-refractivity contribution >= 4 is 31.5 Å². The van der Waals surface area contributed by atoms with Crippen molar-refractivity contribution in [3.8, 4) is 56.4 Å². The van der Waals surface area contributed by atoms with Crippen LogP contribution in [0, 0.1) is 0 Å². The molecule has 0 bridgehead atoms. The molecule has 49 heavy (non-hydrogen) atoms. The number of hydrogen-bond donors (Lipinski definition) is 0. The van der Waals surface area contributed by atoms with Crippen LogP contribution in [0.4, 0.5) is 0 Å². The van der Waals surface area contributed by atoms with Gasteiger partial charge in [-0.3, -0.25) is 0 Å². The number of aromatic nitrogens is 3. The highest BCUT2D eigenvalue weighted by molar-refractivity contribution is 7.26. The molecule has 10 rings (SSSR count). The third-order valence-corrected chi connectivity index (χ3v) is 12.0. The number of hydrogen-bond acceptors (Lipinski definition) is 4. The summed E-state index contributed by atoms with van der Waals surface area (Å²) in [5.41, 5.74) is 11.6. The smallest absolute Gasteiger partial charge is 0.165 e. The first-order valence-corrected chi connectivity index (χ1v) is 18.1. The van der Waals surface area contributed by atoms with Crippen LogP contribution in [0.15, 0.2) is 140 Å². The Labute approximate surface area is 290 Å². The summed E-state index contributed by atoms with van der Waals surface area (Å²) in [7, 11) is 0. The van der Waals surface area contributed by atoms with Gasteiger partial charge in [-0.05, 0) is 58.4 Å². The lowest BCUT2D eigenvalue weighted by atomic mass is 9.68. The average Bonchev–Trinajstić information content (AvgIpc) is 3.69. The van der Waals surface area contributed by atoms with Crippen LogP contribution in [0.3, 0.4) is 0 Å². The summed E-state index contributed by atoms with van der Waals surface area (Å²) in [6, 6.07) is 50.2. The van der Waals surface area contributed by atoms with Crippen LogP contribution in [0.5, 0.6) is 0 Å². The van der Waals surface area contributed by atoms with Crippen molar-refractivity contribution < 1.29 is 0 Å². The van der Waals surface area contributed by atoms with Crippen molar-refractivity contribution in [3.63, 3.8) is 0 Å². The largest absolute Gasteiger partial charge is 0.208 e. The van der Waals surface area contributed by atoms with Crippen molar-refractivity contribution in [1.82, 2.24) is 15.0 Å². The molecule has 2 aliphatic carbocycles. The molecular weight excluding hydrogens is 615 g/mol. The van der Waals surface area contributed by atoms with E-state index in [0.29, 0.717) is 17.5 Å². The summed E-state index contributed by atoms with van der Waals surface area (Å²) in [6.45, 7) is 0. The number of nitrogens with zero attached hydrogens (tertiary/aromatic N) is 3. The SMILES string of the molecule is c1ccc(-c2nc(-c3ccccc3)nc(-c3cccc4c3sc3c(-c5ccc6c(c5)-c5ccccc5C65CCCCC5)cccc34)n2)cc1. The van der Waals surface area contributed by atoms with Crippen LogP contribution < -0.4 is 0 Å². The molecule has 3 nitrogen and oxygen atoms in total. The first kappa shape index (κ1) is 28.6. The third-order valence-electron chi connectivity index (χ3n) is 10.8. The Bertz CT molecular complexity index is 2470. The van der Waals surface area contributed by atoms with E-state index in [2.05, 4.69) is 103 Å². The van der Waals surface area contributed by atoms with E-state index in [1.807, 2.05) is 47.7 Å². The molecule has 2 aromatic heterocycles. The molecule has 2 aliphatic rings. The van der Waals surface area contributed by atoms with E-state index in [-0.39, 0.29) is 5.41 Å². The molecule has 1 spiro atoms. The van der Waals surface area contributed by atoms with E-state index in [4.69, 9.17) is 15.0 Å². The van der Waals surface area contributed by atoms with Gasteiger partial charge in [0.25, 0.3) is 0 Å². The average molecular weight is 648 g/mol. The zero-order chi connectivity index (χ0) is 32.4. The zero-order valence-corrected chi connectivity index (χ0v) is 27.9. The van der Waals surface area contributed by atoms with Crippen molar-refractivity contribution in [2.75, 3.05) is 0 Å². The summed E-state index contributed by atoms with van der Waals surface area (Å²) in [4.78, 5) is 15.1. The molecule has 1 saturated carbocycles. The van der Waals surface area contributed by atoms with Crippen LogP contribution in [-0.4, -0.2) is 15.0 Å². The van der Waals surface area contributed by atoms with Crippen molar-refractivity contribution in [1.29, 1.82) is 0 Å². The van der Waals surface area contributed by atoms with Gasteiger partial charge in [0.2, 0.25) is 0 Å². The summed E-state index contributed by atoms with van der Waals surface area (Å²) in [5, 5.41) is 2.50. The fourth-order valence-electron chi connectivity index (χ4n) is 8.48. The van der Waals surface area contributed by atoms with Gasteiger partial charge in [0.1, 0.15) is 0 Å². The second-order valence-electron chi connectivity index (χ2n) is 13.5. The van der Waals surface area contributed by atoms with Crippen LogP contribution in [0.2, 0.25) is 0 Å². The van der Waals surface area contributed by atoms with Gasteiger partial charge in [-0.1, -0.05) is 147 Å². The Hall–Kier alpha value is -5.45. The van der Waals surface area contributed by atoms with Gasteiger partial charge in [-0.2, -0.15) is 0 Å². The molecule has 0 radical (unpaired) electrons. The van der Waals surface area contributed by atoms with E-state index in [9.17, 15) is 0 Å². The predicted molar refractivity (Wildman–Crippen MR) is 204 cm³/mol. The first-order chi connectivity index (χ1) is 24.3. The van der Waals surface area contributed by atoms with Crippen LogP contribution in [0.25, 0.3) is 76.6 Å². The van der Waals surface area contributed by atoms with Crippen LogP contribution >= 0.6 is 11.3 Å². The first-order valence-electron chi connectivity index (χ1n) is 17.3. The molecule has 0 atom stereocenters. The second kappa shape index (κ2) is 11.3. The lowest BCUT2D eigenvalue weighted by Gasteiger charge is -2.36. The van der Waals surface area contributed by atoms with Gasteiger partial charge in [0, 0.05) is 42.3 Å². The van der Waals surface area contributed by atoms with Gasteiger partial charge in [-0.15, -0.1) is 11.3 Å². The Morgan fingerprint density at radius 1 is 0.408 bits per heavy atom. The lowest BCUT2D eigenvalue weighted by Crippen LogP contribution is -2.27. The maximum atomic E-state index is 5.09. The molecule has 0 saturated heterocycles. The molecule has 4 heteroatoms.